The second-order valence-electron chi connectivity index (χ2n) is 7.15. The van der Waals surface area contributed by atoms with Crippen molar-refractivity contribution in [3.63, 3.8) is 0 Å². The molecule has 2 aromatic carbocycles. The normalized spacial score (nSPS) is 14.5. The number of aromatic nitrogens is 3. The summed E-state index contributed by atoms with van der Waals surface area (Å²) in [4.78, 5) is 16.3. The first kappa shape index (κ1) is 21.6. The number of anilines is 1. The zero-order chi connectivity index (χ0) is 22.9. The van der Waals surface area contributed by atoms with Gasteiger partial charge < -0.3 is 14.5 Å². The molecule has 0 radical (unpaired) electrons. The first-order valence-corrected chi connectivity index (χ1v) is 9.75. The minimum Gasteiger partial charge on any atom is -0.497 e. The summed E-state index contributed by atoms with van der Waals surface area (Å²) in [6.07, 6.45) is -4.88. The lowest BCUT2D eigenvalue weighted by Gasteiger charge is -2.36. The molecule has 32 heavy (non-hydrogen) atoms. The van der Waals surface area contributed by atoms with Crippen LogP contribution in [0.3, 0.4) is 0 Å². The van der Waals surface area contributed by atoms with Crippen molar-refractivity contribution in [1.82, 2.24) is 19.9 Å². The van der Waals surface area contributed by atoms with Gasteiger partial charge in [-0.1, -0.05) is 11.3 Å². The van der Waals surface area contributed by atoms with Crippen molar-refractivity contribution in [2.45, 2.75) is 6.18 Å². The maximum atomic E-state index is 13.8. The summed E-state index contributed by atoms with van der Waals surface area (Å²) in [5, 5.41) is 7.07. The quantitative estimate of drug-likeness (QED) is 0.572. The van der Waals surface area contributed by atoms with Gasteiger partial charge in [0.1, 0.15) is 11.6 Å². The number of alkyl halides is 3. The number of carbonyl (C=O) groups excluding carboxylic acids is 1. The van der Waals surface area contributed by atoms with Crippen LogP contribution in [0, 0.1) is 5.82 Å². The van der Waals surface area contributed by atoms with Gasteiger partial charge in [-0.2, -0.15) is 13.2 Å². The SMILES string of the molecule is COc1cccc(N2CCN(C(=O)c3nnn(-c4ccc(F)cc4)c3C(F)(F)F)CC2)c1. The molecule has 0 N–H and O–H groups in total. The third-order valence-electron chi connectivity index (χ3n) is 5.20. The van der Waals surface area contributed by atoms with Gasteiger partial charge in [-0.15, -0.1) is 5.10 Å². The molecule has 1 aliphatic rings. The summed E-state index contributed by atoms with van der Waals surface area (Å²) in [5.74, 6) is -0.767. The van der Waals surface area contributed by atoms with Crippen molar-refractivity contribution in [1.29, 1.82) is 0 Å². The number of carbonyl (C=O) groups is 1. The van der Waals surface area contributed by atoms with E-state index in [4.69, 9.17) is 4.74 Å². The van der Waals surface area contributed by atoms with E-state index in [0.29, 0.717) is 23.5 Å². The molecule has 7 nitrogen and oxygen atoms in total. The van der Waals surface area contributed by atoms with Gasteiger partial charge in [0, 0.05) is 37.9 Å². The minimum absolute atomic E-state index is 0.0480. The number of methoxy groups -OCH3 is 1. The lowest BCUT2D eigenvalue weighted by molar-refractivity contribution is -0.143. The van der Waals surface area contributed by atoms with Crippen molar-refractivity contribution in [2.24, 2.45) is 0 Å². The van der Waals surface area contributed by atoms with Crippen LogP contribution in [0.1, 0.15) is 16.2 Å². The van der Waals surface area contributed by atoms with Gasteiger partial charge in [-0.3, -0.25) is 4.79 Å². The van der Waals surface area contributed by atoms with Gasteiger partial charge in [0.25, 0.3) is 5.91 Å². The molecule has 1 aromatic heterocycles. The summed E-state index contributed by atoms with van der Waals surface area (Å²) < 4.78 is 60.4. The number of hydrogen-bond donors (Lipinski definition) is 0. The average molecular weight is 449 g/mol. The second-order valence-corrected chi connectivity index (χ2v) is 7.15. The van der Waals surface area contributed by atoms with E-state index >= 15 is 0 Å². The molecule has 0 unspecified atom stereocenters. The summed E-state index contributed by atoms with van der Waals surface area (Å²) in [6.45, 7) is 1.31. The molecule has 1 saturated heterocycles. The topological polar surface area (TPSA) is 63.5 Å². The maximum absolute atomic E-state index is 13.8. The molecule has 1 fully saturated rings. The van der Waals surface area contributed by atoms with Crippen LogP contribution < -0.4 is 9.64 Å². The molecule has 0 atom stereocenters. The third-order valence-corrected chi connectivity index (χ3v) is 5.20. The van der Waals surface area contributed by atoms with Gasteiger partial charge in [0.05, 0.1) is 12.8 Å². The van der Waals surface area contributed by atoms with Crippen molar-refractivity contribution in [3.05, 3.63) is 65.7 Å². The number of ether oxygens (including phenoxy) is 1. The van der Waals surface area contributed by atoms with E-state index in [9.17, 15) is 22.4 Å². The zero-order valence-corrected chi connectivity index (χ0v) is 17.0. The van der Waals surface area contributed by atoms with Crippen LogP contribution in [-0.4, -0.2) is 59.1 Å². The Labute approximate surface area is 180 Å². The highest BCUT2D eigenvalue weighted by Crippen LogP contribution is 2.33. The fourth-order valence-electron chi connectivity index (χ4n) is 3.57. The molecular weight excluding hydrogens is 430 g/mol. The highest BCUT2D eigenvalue weighted by molar-refractivity contribution is 5.93. The van der Waals surface area contributed by atoms with Crippen molar-refractivity contribution in [2.75, 3.05) is 38.2 Å². The molecule has 0 bridgehead atoms. The van der Waals surface area contributed by atoms with E-state index in [-0.39, 0.29) is 18.8 Å². The predicted octanol–water partition coefficient (Wildman–Crippen LogP) is 3.40. The number of hydrogen-bond acceptors (Lipinski definition) is 5. The van der Waals surface area contributed by atoms with E-state index in [1.54, 1.807) is 7.11 Å². The second kappa shape index (κ2) is 8.48. The van der Waals surface area contributed by atoms with E-state index < -0.39 is 29.3 Å². The summed E-state index contributed by atoms with van der Waals surface area (Å²) in [5.41, 5.74) is -1.22. The molecule has 0 spiro atoms. The number of halogens is 4. The first-order chi connectivity index (χ1) is 15.3. The lowest BCUT2D eigenvalue weighted by atomic mass is 10.2. The number of piperazine rings is 1. The van der Waals surface area contributed by atoms with E-state index in [2.05, 4.69) is 10.3 Å². The van der Waals surface area contributed by atoms with Gasteiger partial charge in [-0.05, 0) is 36.4 Å². The molecule has 1 aliphatic heterocycles. The van der Waals surface area contributed by atoms with Crippen LogP contribution in [0.4, 0.5) is 23.2 Å². The Bertz CT molecular complexity index is 1110. The Kier molecular flexibility index (Phi) is 5.72. The highest BCUT2D eigenvalue weighted by atomic mass is 19.4. The lowest BCUT2D eigenvalue weighted by Crippen LogP contribution is -2.49. The van der Waals surface area contributed by atoms with E-state index in [1.807, 2.05) is 29.2 Å². The Morgan fingerprint density at radius 2 is 1.69 bits per heavy atom. The third kappa shape index (κ3) is 4.23. The fraction of sp³-hybridized carbons (Fsp3) is 0.286. The van der Waals surface area contributed by atoms with Crippen LogP contribution in [0.15, 0.2) is 48.5 Å². The summed E-state index contributed by atoms with van der Waals surface area (Å²) in [6, 6.07) is 11.7. The average Bonchev–Trinajstić information content (AvgIpc) is 3.25. The Morgan fingerprint density at radius 3 is 2.31 bits per heavy atom. The van der Waals surface area contributed by atoms with Crippen molar-refractivity contribution >= 4 is 11.6 Å². The summed E-state index contributed by atoms with van der Waals surface area (Å²) >= 11 is 0. The highest BCUT2D eigenvalue weighted by Gasteiger charge is 2.43. The van der Waals surface area contributed by atoms with Crippen molar-refractivity contribution in [3.8, 4) is 11.4 Å². The number of benzene rings is 2. The number of nitrogens with zero attached hydrogens (tertiary/aromatic N) is 5. The molecular formula is C21H19F4N5O2. The molecule has 168 valence electrons. The fourth-order valence-corrected chi connectivity index (χ4v) is 3.57. The van der Waals surface area contributed by atoms with Gasteiger partial charge in [-0.25, -0.2) is 9.07 Å². The predicted molar refractivity (Wildman–Crippen MR) is 107 cm³/mol. The summed E-state index contributed by atoms with van der Waals surface area (Å²) in [7, 11) is 1.56. The monoisotopic (exact) mass is 449 g/mol. The molecule has 4 rings (SSSR count). The van der Waals surface area contributed by atoms with E-state index in [1.165, 1.54) is 4.90 Å². The first-order valence-electron chi connectivity index (χ1n) is 9.75. The van der Waals surface area contributed by atoms with Crippen LogP contribution in [0.2, 0.25) is 0 Å². The van der Waals surface area contributed by atoms with Crippen LogP contribution in [-0.2, 0) is 6.18 Å². The Balaban J connectivity index is 1.55. The zero-order valence-electron chi connectivity index (χ0n) is 17.0. The molecule has 1 amide bonds. The number of amides is 1. The van der Waals surface area contributed by atoms with Crippen LogP contribution >= 0.6 is 0 Å². The Morgan fingerprint density at radius 1 is 1.00 bits per heavy atom. The maximum Gasteiger partial charge on any atom is 0.435 e. The standard InChI is InChI=1S/C21H19F4N5O2/c1-32-17-4-2-3-16(13-17)28-9-11-29(12-10-28)20(31)18-19(21(23,24)25)30(27-26-18)15-7-5-14(22)6-8-15/h2-8,13H,9-12H2,1H3. The molecule has 2 heterocycles. The van der Waals surface area contributed by atoms with Gasteiger partial charge >= 0.3 is 6.18 Å². The van der Waals surface area contributed by atoms with Crippen molar-refractivity contribution < 1.29 is 27.1 Å². The molecule has 0 saturated carbocycles. The largest absolute Gasteiger partial charge is 0.497 e. The van der Waals surface area contributed by atoms with E-state index in [0.717, 1.165) is 30.0 Å². The van der Waals surface area contributed by atoms with Crippen LogP contribution in [0.25, 0.3) is 5.69 Å². The smallest absolute Gasteiger partial charge is 0.435 e. The van der Waals surface area contributed by atoms with Crippen LogP contribution in [0.5, 0.6) is 5.75 Å². The Hall–Kier alpha value is -3.63. The molecule has 11 heteroatoms. The van der Waals surface area contributed by atoms with Gasteiger partial charge in [0.2, 0.25) is 0 Å². The molecule has 3 aromatic rings. The number of rotatable bonds is 4. The molecule has 0 aliphatic carbocycles. The minimum atomic E-state index is -4.88. The van der Waals surface area contributed by atoms with Gasteiger partial charge in [0.15, 0.2) is 11.4 Å².